The van der Waals surface area contributed by atoms with E-state index in [4.69, 9.17) is 4.74 Å². The van der Waals surface area contributed by atoms with Crippen molar-refractivity contribution in [1.82, 2.24) is 9.80 Å². The highest BCUT2D eigenvalue weighted by atomic mass is 19.2. The normalized spacial score (nSPS) is 18.9. The number of halogens is 3. The highest BCUT2D eigenvalue weighted by molar-refractivity contribution is 5.86. The molecule has 1 heterocycles. The van der Waals surface area contributed by atoms with Crippen molar-refractivity contribution in [2.45, 2.75) is 57.2 Å². The fourth-order valence-electron chi connectivity index (χ4n) is 4.05. The summed E-state index contributed by atoms with van der Waals surface area (Å²) >= 11 is 0. The molecule has 2 atom stereocenters. The Kier molecular flexibility index (Phi) is 7.38. The lowest BCUT2D eigenvalue weighted by atomic mass is 10.1. The Bertz CT molecular complexity index is 945. The molecule has 32 heavy (non-hydrogen) atoms. The van der Waals surface area contributed by atoms with E-state index in [9.17, 15) is 32.8 Å². The van der Waals surface area contributed by atoms with Gasteiger partial charge in [-0.05, 0) is 24.8 Å². The molecule has 10 heteroatoms. The van der Waals surface area contributed by atoms with Crippen molar-refractivity contribution in [2.24, 2.45) is 5.92 Å². The topological polar surface area (TPSA) is 90.7 Å². The number of likely N-dealkylation sites (tertiary alicyclic amines) is 1. The molecule has 0 aromatic heterocycles. The van der Waals surface area contributed by atoms with E-state index < -0.39 is 48.0 Å². The number of hydrogen-bond acceptors (Lipinski definition) is 5. The molecule has 172 valence electrons. The largest absolute Gasteiger partial charge is 0.467 e. The fourth-order valence-corrected chi connectivity index (χ4v) is 4.05. The van der Waals surface area contributed by atoms with Gasteiger partial charge in [0.25, 0.3) is 0 Å². The summed E-state index contributed by atoms with van der Waals surface area (Å²) in [7, 11) is 1.21. The number of methoxy groups -OCH3 is 1. The standard InChI is InChI=1S/C22H24F3N3O4/c1-32-22(31)18(8-13-2-3-13)27(7-6-26)20(30)11-16-4-5-19(29)28(16)12-14-9-15(23)10-17(24)21(14)25/h9-10,13,16,18H,2-5,7-8,11-12H2,1H3/t16-,18-/m0/s1. The lowest BCUT2D eigenvalue weighted by Crippen LogP contribution is -2.48. The van der Waals surface area contributed by atoms with E-state index >= 15 is 0 Å². The van der Waals surface area contributed by atoms with Crippen LogP contribution in [0.15, 0.2) is 12.1 Å². The second-order valence-electron chi connectivity index (χ2n) is 8.18. The molecule has 1 saturated heterocycles. The number of ether oxygens (including phenoxy) is 1. The van der Waals surface area contributed by atoms with Crippen LogP contribution in [0.5, 0.6) is 0 Å². The second-order valence-corrected chi connectivity index (χ2v) is 8.18. The van der Waals surface area contributed by atoms with E-state index in [0.29, 0.717) is 12.5 Å². The molecule has 2 aliphatic rings. The Morgan fingerprint density at radius 2 is 2.00 bits per heavy atom. The first-order valence-corrected chi connectivity index (χ1v) is 10.4. The summed E-state index contributed by atoms with van der Waals surface area (Å²) in [4.78, 5) is 40.1. The molecule has 0 spiro atoms. The Morgan fingerprint density at radius 1 is 1.28 bits per heavy atom. The number of benzene rings is 1. The average Bonchev–Trinajstić information content (AvgIpc) is 3.52. The minimum atomic E-state index is -1.36. The van der Waals surface area contributed by atoms with E-state index in [1.165, 1.54) is 12.0 Å². The first-order chi connectivity index (χ1) is 15.2. The minimum absolute atomic E-state index is 0.0954. The Hall–Kier alpha value is -3.09. The van der Waals surface area contributed by atoms with Crippen molar-refractivity contribution in [2.75, 3.05) is 13.7 Å². The zero-order valence-electron chi connectivity index (χ0n) is 17.7. The number of amides is 2. The van der Waals surface area contributed by atoms with Gasteiger partial charge in [0.2, 0.25) is 11.8 Å². The summed E-state index contributed by atoms with van der Waals surface area (Å²) in [6, 6.07) is 1.56. The van der Waals surface area contributed by atoms with Gasteiger partial charge in [-0.15, -0.1) is 0 Å². The smallest absolute Gasteiger partial charge is 0.328 e. The van der Waals surface area contributed by atoms with Gasteiger partial charge in [0.05, 0.1) is 13.2 Å². The van der Waals surface area contributed by atoms with E-state index in [1.54, 1.807) is 0 Å². The van der Waals surface area contributed by atoms with Gasteiger partial charge in [-0.1, -0.05) is 12.8 Å². The van der Waals surface area contributed by atoms with Gasteiger partial charge >= 0.3 is 5.97 Å². The highest BCUT2D eigenvalue weighted by Crippen LogP contribution is 2.35. The zero-order chi connectivity index (χ0) is 23.4. The van der Waals surface area contributed by atoms with Crippen molar-refractivity contribution in [3.63, 3.8) is 0 Å². The third kappa shape index (κ3) is 5.39. The predicted octanol–water partition coefficient (Wildman–Crippen LogP) is 2.68. The number of hydrogen-bond donors (Lipinski definition) is 0. The fraction of sp³-hybridized carbons (Fsp3) is 0.545. The maximum Gasteiger partial charge on any atom is 0.328 e. The van der Waals surface area contributed by atoms with Crippen LogP contribution in [0.4, 0.5) is 13.2 Å². The number of carbonyl (C=O) groups excluding carboxylic acids is 3. The van der Waals surface area contributed by atoms with Crippen LogP contribution in [-0.4, -0.2) is 53.3 Å². The van der Waals surface area contributed by atoms with Crippen LogP contribution in [0.25, 0.3) is 0 Å². The molecule has 0 radical (unpaired) electrons. The van der Waals surface area contributed by atoms with Crippen LogP contribution >= 0.6 is 0 Å². The molecule has 1 aliphatic carbocycles. The SMILES string of the molecule is COC(=O)[C@H](CC1CC1)N(CC#N)C(=O)C[C@@H]1CCC(=O)N1Cc1cc(F)cc(F)c1F. The first kappa shape index (κ1) is 23.6. The van der Waals surface area contributed by atoms with E-state index in [1.807, 2.05) is 6.07 Å². The van der Waals surface area contributed by atoms with Crippen molar-refractivity contribution in [1.29, 1.82) is 5.26 Å². The van der Waals surface area contributed by atoms with Gasteiger partial charge in [0.15, 0.2) is 11.6 Å². The van der Waals surface area contributed by atoms with E-state index in [-0.39, 0.29) is 43.2 Å². The van der Waals surface area contributed by atoms with Crippen LogP contribution in [-0.2, 0) is 25.7 Å². The van der Waals surface area contributed by atoms with Crippen LogP contribution in [0.1, 0.15) is 44.1 Å². The summed E-state index contributed by atoms with van der Waals surface area (Å²) in [5.74, 6) is -4.81. The molecule has 1 saturated carbocycles. The molecule has 0 N–H and O–H groups in total. The van der Waals surface area contributed by atoms with Gasteiger partial charge in [-0.25, -0.2) is 18.0 Å². The van der Waals surface area contributed by atoms with Crippen molar-refractivity contribution in [3.8, 4) is 6.07 Å². The molecular formula is C22H24F3N3O4. The Labute approximate surface area is 183 Å². The molecule has 3 rings (SSSR count). The van der Waals surface area contributed by atoms with E-state index in [0.717, 1.165) is 23.8 Å². The number of rotatable bonds is 9. The monoisotopic (exact) mass is 451 g/mol. The number of nitrogens with zero attached hydrogens (tertiary/aromatic N) is 3. The molecule has 0 unspecified atom stereocenters. The molecule has 2 amide bonds. The average molecular weight is 451 g/mol. The lowest BCUT2D eigenvalue weighted by molar-refractivity contribution is -0.153. The molecule has 1 aromatic carbocycles. The van der Waals surface area contributed by atoms with E-state index in [2.05, 4.69) is 0 Å². The molecular weight excluding hydrogens is 427 g/mol. The number of esters is 1. The summed E-state index contributed by atoms with van der Waals surface area (Å²) < 4.78 is 46.0. The molecule has 2 fully saturated rings. The number of carbonyl (C=O) groups is 3. The van der Waals surface area contributed by atoms with Gasteiger partial charge in [0.1, 0.15) is 18.4 Å². The zero-order valence-corrected chi connectivity index (χ0v) is 17.7. The summed E-state index contributed by atoms with van der Waals surface area (Å²) in [5, 5.41) is 9.20. The van der Waals surface area contributed by atoms with Crippen LogP contribution in [0.2, 0.25) is 0 Å². The van der Waals surface area contributed by atoms with Crippen LogP contribution in [0.3, 0.4) is 0 Å². The van der Waals surface area contributed by atoms with Gasteiger partial charge in [-0.2, -0.15) is 5.26 Å². The highest BCUT2D eigenvalue weighted by Gasteiger charge is 2.39. The Morgan fingerprint density at radius 3 is 2.62 bits per heavy atom. The summed E-state index contributed by atoms with van der Waals surface area (Å²) in [5.41, 5.74) is -0.328. The van der Waals surface area contributed by atoms with Crippen LogP contribution in [0, 0.1) is 34.7 Å². The Balaban J connectivity index is 1.77. The predicted molar refractivity (Wildman–Crippen MR) is 105 cm³/mol. The van der Waals surface area contributed by atoms with Crippen molar-refractivity contribution in [3.05, 3.63) is 35.1 Å². The van der Waals surface area contributed by atoms with Gasteiger partial charge < -0.3 is 14.5 Å². The summed E-state index contributed by atoms with van der Waals surface area (Å²) in [6.45, 7) is -0.715. The minimum Gasteiger partial charge on any atom is -0.467 e. The van der Waals surface area contributed by atoms with Gasteiger partial charge in [0, 0.05) is 37.1 Å². The van der Waals surface area contributed by atoms with Crippen molar-refractivity contribution >= 4 is 17.8 Å². The summed E-state index contributed by atoms with van der Waals surface area (Å²) in [6.07, 6.45) is 2.44. The third-order valence-corrected chi connectivity index (χ3v) is 5.94. The third-order valence-electron chi connectivity index (χ3n) is 5.94. The molecule has 7 nitrogen and oxygen atoms in total. The second kappa shape index (κ2) is 10.0. The lowest BCUT2D eigenvalue weighted by Gasteiger charge is -2.31. The molecule has 1 aliphatic heterocycles. The van der Waals surface area contributed by atoms with Crippen molar-refractivity contribution < 1.29 is 32.3 Å². The van der Waals surface area contributed by atoms with Gasteiger partial charge in [-0.3, -0.25) is 9.59 Å². The maximum atomic E-state index is 14.1. The molecule has 0 bridgehead atoms. The van der Waals surface area contributed by atoms with Crippen LogP contribution < -0.4 is 0 Å². The first-order valence-electron chi connectivity index (χ1n) is 10.4. The molecule has 1 aromatic rings. The maximum absolute atomic E-state index is 14.1. The number of nitriles is 1. The quantitative estimate of drug-likeness (QED) is 0.327.